The molecule has 1 saturated carbocycles. The summed E-state index contributed by atoms with van der Waals surface area (Å²) >= 11 is 0. The van der Waals surface area contributed by atoms with E-state index in [1.54, 1.807) is 0 Å². The van der Waals surface area contributed by atoms with E-state index in [4.69, 9.17) is 0 Å². The van der Waals surface area contributed by atoms with Gasteiger partial charge in [-0.3, -0.25) is 9.13 Å². The minimum absolute atomic E-state index is 0.113. The number of imidazole rings is 1. The number of hydrogen-bond donors (Lipinski definition) is 1. The molecule has 0 bridgehead atoms. The van der Waals surface area contributed by atoms with Crippen molar-refractivity contribution in [1.82, 2.24) is 14.5 Å². The molecule has 1 N–H and O–H groups in total. The molecular formula is C17H23N3O. The van der Waals surface area contributed by atoms with Gasteiger partial charge in [-0.25, -0.2) is 4.79 Å². The summed E-state index contributed by atoms with van der Waals surface area (Å²) in [6.07, 6.45) is 6.10. The summed E-state index contributed by atoms with van der Waals surface area (Å²) < 4.78 is 3.68. The van der Waals surface area contributed by atoms with Crippen LogP contribution in [0.1, 0.15) is 41.6 Å². The first-order chi connectivity index (χ1) is 10.1. The van der Waals surface area contributed by atoms with Crippen molar-refractivity contribution in [3.05, 3.63) is 57.8 Å². The average molecular weight is 285 g/mol. The molecule has 1 atom stereocenters. The molecule has 1 heterocycles. The van der Waals surface area contributed by atoms with Crippen LogP contribution in [-0.2, 0) is 6.54 Å². The number of nitrogens with zero attached hydrogens (tertiary/aromatic N) is 2. The molecule has 2 aromatic rings. The Balaban J connectivity index is 1.83. The predicted molar refractivity (Wildman–Crippen MR) is 84.7 cm³/mol. The summed E-state index contributed by atoms with van der Waals surface area (Å²) in [7, 11) is 1.95. The topological polar surface area (TPSA) is 39.0 Å². The number of aromatic nitrogens is 2. The van der Waals surface area contributed by atoms with Gasteiger partial charge in [-0.2, -0.15) is 0 Å². The molecule has 0 radical (unpaired) electrons. The Morgan fingerprint density at radius 3 is 2.62 bits per heavy atom. The number of nitrogens with one attached hydrogen (secondary N) is 1. The molecule has 1 aromatic carbocycles. The van der Waals surface area contributed by atoms with Crippen LogP contribution in [0.2, 0.25) is 0 Å². The van der Waals surface area contributed by atoms with E-state index in [1.807, 2.05) is 28.6 Å². The van der Waals surface area contributed by atoms with Crippen molar-refractivity contribution in [3.63, 3.8) is 0 Å². The van der Waals surface area contributed by atoms with Gasteiger partial charge in [0.25, 0.3) is 0 Å². The minimum Gasteiger partial charge on any atom is -0.312 e. The normalized spacial score (nSPS) is 16.1. The van der Waals surface area contributed by atoms with Gasteiger partial charge in [-0.1, -0.05) is 18.2 Å². The molecule has 0 spiro atoms. The monoisotopic (exact) mass is 285 g/mol. The van der Waals surface area contributed by atoms with Crippen LogP contribution in [-0.4, -0.2) is 16.2 Å². The molecule has 1 fully saturated rings. The fourth-order valence-corrected chi connectivity index (χ4v) is 2.74. The Morgan fingerprint density at radius 1 is 1.24 bits per heavy atom. The van der Waals surface area contributed by atoms with Gasteiger partial charge in [0.15, 0.2) is 0 Å². The zero-order chi connectivity index (χ0) is 15.0. The Bertz CT molecular complexity index is 694. The third-order valence-electron chi connectivity index (χ3n) is 4.48. The fourth-order valence-electron chi connectivity index (χ4n) is 2.74. The van der Waals surface area contributed by atoms with Crippen molar-refractivity contribution in [1.29, 1.82) is 0 Å². The zero-order valence-electron chi connectivity index (χ0n) is 13.0. The zero-order valence-corrected chi connectivity index (χ0v) is 13.0. The highest BCUT2D eigenvalue weighted by molar-refractivity contribution is 5.31. The van der Waals surface area contributed by atoms with Crippen LogP contribution in [0.25, 0.3) is 0 Å². The van der Waals surface area contributed by atoms with E-state index in [9.17, 15) is 4.79 Å². The smallest absolute Gasteiger partial charge is 0.312 e. The van der Waals surface area contributed by atoms with Gasteiger partial charge in [-0.15, -0.1) is 0 Å². The molecule has 1 aliphatic rings. The maximum Gasteiger partial charge on any atom is 0.328 e. The summed E-state index contributed by atoms with van der Waals surface area (Å²) in [5.41, 5.74) is 3.93. The molecule has 0 aliphatic heterocycles. The summed E-state index contributed by atoms with van der Waals surface area (Å²) in [6.45, 7) is 4.91. The summed E-state index contributed by atoms with van der Waals surface area (Å²) in [5.74, 6) is 0. The molecule has 0 amide bonds. The van der Waals surface area contributed by atoms with Crippen LogP contribution in [0.4, 0.5) is 0 Å². The lowest BCUT2D eigenvalue weighted by atomic mass is 10.0. The molecule has 1 unspecified atom stereocenters. The Morgan fingerprint density at radius 2 is 2.00 bits per heavy atom. The molecule has 3 rings (SSSR count). The average Bonchev–Trinajstić information content (AvgIpc) is 3.25. The van der Waals surface area contributed by atoms with Crippen molar-refractivity contribution < 1.29 is 0 Å². The van der Waals surface area contributed by atoms with E-state index < -0.39 is 0 Å². The predicted octanol–water partition coefficient (Wildman–Crippen LogP) is 2.56. The number of rotatable bonds is 5. The van der Waals surface area contributed by atoms with Crippen molar-refractivity contribution in [2.45, 2.75) is 45.3 Å². The van der Waals surface area contributed by atoms with Crippen LogP contribution in [0.3, 0.4) is 0 Å². The van der Waals surface area contributed by atoms with E-state index >= 15 is 0 Å². The van der Waals surface area contributed by atoms with Gasteiger partial charge in [-0.05, 0) is 50.4 Å². The quantitative estimate of drug-likeness (QED) is 0.917. The minimum atomic E-state index is 0.113. The highest BCUT2D eigenvalue weighted by Crippen LogP contribution is 2.33. The Hall–Kier alpha value is -1.81. The number of benzene rings is 1. The van der Waals surface area contributed by atoms with Gasteiger partial charge in [0, 0.05) is 25.0 Å². The second kappa shape index (κ2) is 5.53. The first-order valence-corrected chi connectivity index (χ1v) is 7.62. The molecule has 112 valence electrons. The molecule has 0 saturated heterocycles. The lowest BCUT2D eigenvalue weighted by Crippen LogP contribution is -2.29. The highest BCUT2D eigenvalue weighted by Gasteiger charge is 2.26. The van der Waals surface area contributed by atoms with Crippen molar-refractivity contribution in [2.24, 2.45) is 0 Å². The maximum atomic E-state index is 12.4. The number of aryl methyl sites for hydroxylation is 2. The second-order valence-corrected chi connectivity index (χ2v) is 6.06. The SMILES string of the molecule is CNC(Cn1ccn(C2CC2)c1=O)c1ccc(C)c(C)c1. The van der Waals surface area contributed by atoms with Crippen molar-refractivity contribution in [3.8, 4) is 0 Å². The van der Waals surface area contributed by atoms with Crippen LogP contribution in [0.5, 0.6) is 0 Å². The molecule has 1 aromatic heterocycles. The molecule has 1 aliphatic carbocycles. The van der Waals surface area contributed by atoms with E-state index in [1.165, 1.54) is 16.7 Å². The van der Waals surface area contributed by atoms with Crippen molar-refractivity contribution >= 4 is 0 Å². The summed E-state index contributed by atoms with van der Waals surface area (Å²) in [4.78, 5) is 12.4. The molecule has 4 nitrogen and oxygen atoms in total. The lowest BCUT2D eigenvalue weighted by Gasteiger charge is -2.18. The Labute approximate surface area is 125 Å². The largest absolute Gasteiger partial charge is 0.328 e. The van der Waals surface area contributed by atoms with Crippen LogP contribution < -0.4 is 11.0 Å². The molecular weight excluding hydrogens is 262 g/mol. The fraction of sp³-hybridized carbons (Fsp3) is 0.471. The van der Waals surface area contributed by atoms with Crippen LogP contribution in [0, 0.1) is 13.8 Å². The van der Waals surface area contributed by atoms with Gasteiger partial charge in [0.05, 0.1) is 6.04 Å². The number of likely N-dealkylation sites (N-methyl/N-ethyl adjacent to an activating group) is 1. The summed E-state index contributed by atoms with van der Waals surface area (Å²) in [5, 5.41) is 3.33. The first kappa shape index (κ1) is 14.1. The maximum absolute atomic E-state index is 12.4. The van der Waals surface area contributed by atoms with Gasteiger partial charge in [0.2, 0.25) is 0 Å². The van der Waals surface area contributed by atoms with E-state index in [2.05, 4.69) is 37.4 Å². The Kier molecular flexibility index (Phi) is 3.72. The highest BCUT2D eigenvalue weighted by atomic mass is 16.1. The lowest BCUT2D eigenvalue weighted by molar-refractivity contribution is 0.484. The van der Waals surface area contributed by atoms with Crippen molar-refractivity contribution in [2.75, 3.05) is 7.05 Å². The first-order valence-electron chi connectivity index (χ1n) is 7.62. The van der Waals surface area contributed by atoms with Crippen LogP contribution >= 0.6 is 0 Å². The number of hydrogen-bond acceptors (Lipinski definition) is 2. The third kappa shape index (κ3) is 2.81. The van der Waals surface area contributed by atoms with E-state index in [-0.39, 0.29) is 11.7 Å². The van der Waals surface area contributed by atoms with E-state index in [0.717, 1.165) is 12.8 Å². The van der Waals surface area contributed by atoms with Crippen LogP contribution in [0.15, 0.2) is 35.4 Å². The molecule has 4 heteroatoms. The van der Waals surface area contributed by atoms with Gasteiger partial charge >= 0.3 is 5.69 Å². The van der Waals surface area contributed by atoms with Gasteiger partial charge in [0.1, 0.15) is 0 Å². The van der Waals surface area contributed by atoms with Gasteiger partial charge < -0.3 is 5.32 Å². The third-order valence-corrected chi connectivity index (χ3v) is 4.48. The summed E-state index contributed by atoms with van der Waals surface area (Å²) in [6, 6.07) is 7.09. The van der Waals surface area contributed by atoms with E-state index in [0.29, 0.717) is 12.6 Å². The standard InChI is InChI=1S/C17H23N3O/c1-12-4-5-14(10-13(12)2)16(18-3)11-19-8-9-20(17(19)21)15-6-7-15/h4-5,8-10,15-16,18H,6-7,11H2,1-3H3. The molecule has 21 heavy (non-hydrogen) atoms. The second-order valence-electron chi connectivity index (χ2n) is 6.06.